The number of ether oxygens (including phenoxy) is 1. The van der Waals surface area contributed by atoms with Crippen LogP contribution in [0, 0.1) is 0 Å². The van der Waals surface area contributed by atoms with Crippen LogP contribution in [0.5, 0.6) is 5.75 Å². The highest BCUT2D eigenvalue weighted by Crippen LogP contribution is 2.30. The summed E-state index contributed by atoms with van der Waals surface area (Å²) in [4.78, 5) is 0. The van der Waals surface area contributed by atoms with E-state index >= 15 is 0 Å². The molecule has 0 heterocycles. The third-order valence-corrected chi connectivity index (χ3v) is 2.13. The maximum atomic E-state index is 8.89. The molecule has 1 aromatic carbocycles. The molecule has 3 N–H and O–H groups in total. The number of rotatable bonds is 3. The molecule has 0 aliphatic rings. The molecule has 0 saturated heterocycles. The lowest BCUT2D eigenvalue weighted by Gasteiger charge is -2.14. The van der Waals surface area contributed by atoms with Crippen LogP contribution in [-0.4, -0.2) is 18.8 Å². The van der Waals surface area contributed by atoms with Gasteiger partial charge in [0.15, 0.2) is 0 Å². The van der Waals surface area contributed by atoms with Crippen molar-refractivity contribution in [3.8, 4) is 5.75 Å². The first-order valence-corrected chi connectivity index (χ1v) is 4.27. The summed E-state index contributed by atoms with van der Waals surface area (Å²) in [5.41, 5.74) is 6.30. The average Bonchev–Trinajstić information content (AvgIpc) is 2.16. The fourth-order valence-electron chi connectivity index (χ4n) is 1.15. The van der Waals surface area contributed by atoms with Gasteiger partial charge in [0.2, 0.25) is 0 Å². The Balaban J connectivity index is 3.14. The zero-order chi connectivity index (χ0) is 9.84. The van der Waals surface area contributed by atoms with Crippen LogP contribution in [0.25, 0.3) is 0 Å². The van der Waals surface area contributed by atoms with Gasteiger partial charge in [-0.3, -0.25) is 0 Å². The van der Waals surface area contributed by atoms with Gasteiger partial charge < -0.3 is 15.6 Å². The molecule has 0 saturated carbocycles. The van der Waals surface area contributed by atoms with E-state index in [1.165, 1.54) is 0 Å². The number of nitrogens with two attached hydrogens (primary N) is 1. The van der Waals surface area contributed by atoms with Crippen molar-refractivity contribution in [1.29, 1.82) is 0 Å². The Bertz CT molecular complexity index is 291. The fraction of sp³-hybridized carbons (Fsp3) is 0.333. The second-order valence-corrected chi connectivity index (χ2v) is 3.05. The highest BCUT2D eigenvalue weighted by atomic mass is 35.5. The maximum absolute atomic E-state index is 8.89. The number of methoxy groups -OCH3 is 1. The van der Waals surface area contributed by atoms with E-state index in [4.69, 9.17) is 27.2 Å². The Labute approximate surface area is 82.1 Å². The number of aliphatic hydroxyl groups excluding tert-OH is 1. The lowest BCUT2D eigenvalue weighted by molar-refractivity contribution is 0.264. The molecule has 72 valence electrons. The Kier molecular flexibility index (Phi) is 3.54. The van der Waals surface area contributed by atoms with Crippen LogP contribution in [0.1, 0.15) is 11.6 Å². The minimum Gasteiger partial charge on any atom is -0.496 e. The van der Waals surface area contributed by atoms with E-state index in [0.717, 1.165) is 0 Å². The molecule has 0 radical (unpaired) electrons. The van der Waals surface area contributed by atoms with Crippen LogP contribution in [-0.2, 0) is 0 Å². The first-order chi connectivity index (χ1) is 6.20. The van der Waals surface area contributed by atoms with Gasteiger partial charge in [-0.1, -0.05) is 17.7 Å². The molecule has 4 heteroatoms. The van der Waals surface area contributed by atoms with Gasteiger partial charge in [-0.25, -0.2) is 0 Å². The number of hydrogen-bond acceptors (Lipinski definition) is 3. The molecule has 0 fully saturated rings. The number of halogens is 1. The van der Waals surface area contributed by atoms with Crippen molar-refractivity contribution in [3.63, 3.8) is 0 Å². The summed E-state index contributed by atoms with van der Waals surface area (Å²) in [5.74, 6) is 0.606. The summed E-state index contributed by atoms with van der Waals surface area (Å²) in [7, 11) is 1.54. The first-order valence-electron chi connectivity index (χ1n) is 3.89. The predicted octanol–water partition coefficient (Wildman–Crippen LogP) is 1.34. The molecule has 0 unspecified atom stereocenters. The topological polar surface area (TPSA) is 55.5 Å². The van der Waals surface area contributed by atoms with Crippen LogP contribution in [0.2, 0.25) is 5.02 Å². The van der Waals surface area contributed by atoms with Gasteiger partial charge in [0.1, 0.15) is 5.75 Å². The van der Waals surface area contributed by atoms with Gasteiger partial charge in [-0.15, -0.1) is 0 Å². The molecule has 1 aromatic rings. The summed E-state index contributed by atoms with van der Waals surface area (Å²) >= 11 is 5.91. The summed E-state index contributed by atoms with van der Waals surface area (Å²) < 4.78 is 5.07. The van der Waals surface area contributed by atoms with Crippen LogP contribution in [0.3, 0.4) is 0 Å². The zero-order valence-corrected chi connectivity index (χ0v) is 8.08. The van der Waals surface area contributed by atoms with E-state index in [2.05, 4.69) is 0 Å². The summed E-state index contributed by atoms with van der Waals surface area (Å²) in [6, 6.07) is 4.75. The van der Waals surface area contributed by atoms with Gasteiger partial charge in [0, 0.05) is 10.6 Å². The molecule has 0 aromatic heterocycles. The normalized spacial score (nSPS) is 12.6. The van der Waals surface area contributed by atoms with Crippen LogP contribution >= 0.6 is 11.6 Å². The van der Waals surface area contributed by atoms with Crippen molar-refractivity contribution in [1.82, 2.24) is 0 Å². The van der Waals surface area contributed by atoms with Crippen LogP contribution < -0.4 is 10.5 Å². The summed E-state index contributed by atoms with van der Waals surface area (Å²) in [6.45, 7) is -0.153. The molecule has 3 nitrogen and oxygen atoms in total. The van der Waals surface area contributed by atoms with E-state index in [1.807, 2.05) is 0 Å². The monoisotopic (exact) mass is 201 g/mol. The van der Waals surface area contributed by atoms with E-state index in [-0.39, 0.29) is 6.61 Å². The minimum absolute atomic E-state index is 0.153. The fourth-order valence-corrected chi connectivity index (χ4v) is 1.45. The van der Waals surface area contributed by atoms with Gasteiger partial charge >= 0.3 is 0 Å². The van der Waals surface area contributed by atoms with E-state index in [0.29, 0.717) is 16.3 Å². The van der Waals surface area contributed by atoms with Crippen LogP contribution in [0.15, 0.2) is 18.2 Å². The van der Waals surface area contributed by atoms with Crippen molar-refractivity contribution in [2.75, 3.05) is 13.7 Å². The Morgan fingerprint density at radius 3 is 2.85 bits per heavy atom. The molecule has 0 amide bonds. The Morgan fingerprint density at radius 2 is 2.31 bits per heavy atom. The summed E-state index contributed by atoms with van der Waals surface area (Å²) in [5, 5.41) is 9.41. The third-order valence-electron chi connectivity index (χ3n) is 1.80. The SMILES string of the molecule is COc1cccc(Cl)c1[C@H](N)CO. The minimum atomic E-state index is -0.497. The van der Waals surface area contributed by atoms with E-state index in [9.17, 15) is 0 Å². The summed E-state index contributed by atoms with van der Waals surface area (Å²) in [6.07, 6.45) is 0. The lowest BCUT2D eigenvalue weighted by atomic mass is 10.1. The second-order valence-electron chi connectivity index (χ2n) is 2.64. The molecule has 1 rings (SSSR count). The molecule has 13 heavy (non-hydrogen) atoms. The molecular formula is C9H12ClNO2. The first kappa shape index (κ1) is 10.3. The van der Waals surface area contributed by atoms with Crippen molar-refractivity contribution >= 4 is 11.6 Å². The molecule has 0 spiro atoms. The predicted molar refractivity (Wildman–Crippen MR) is 52.0 cm³/mol. The second kappa shape index (κ2) is 4.46. The Morgan fingerprint density at radius 1 is 1.62 bits per heavy atom. The third kappa shape index (κ3) is 2.12. The molecular weight excluding hydrogens is 190 g/mol. The van der Waals surface area contributed by atoms with Crippen molar-refractivity contribution < 1.29 is 9.84 Å². The van der Waals surface area contributed by atoms with Crippen molar-refractivity contribution in [3.05, 3.63) is 28.8 Å². The number of hydrogen-bond donors (Lipinski definition) is 2. The molecule has 0 aliphatic heterocycles. The van der Waals surface area contributed by atoms with Gasteiger partial charge in [0.05, 0.1) is 19.8 Å². The highest BCUT2D eigenvalue weighted by Gasteiger charge is 2.14. The number of aliphatic hydroxyl groups is 1. The van der Waals surface area contributed by atoms with Crippen molar-refractivity contribution in [2.45, 2.75) is 6.04 Å². The standard InChI is InChI=1S/C9H12ClNO2/c1-13-8-4-2-3-6(10)9(8)7(11)5-12/h2-4,7,12H,5,11H2,1H3/t7-/m1/s1. The lowest BCUT2D eigenvalue weighted by Crippen LogP contribution is -2.16. The average molecular weight is 202 g/mol. The molecule has 0 bridgehead atoms. The van der Waals surface area contributed by atoms with Gasteiger partial charge in [-0.2, -0.15) is 0 Å². The van der Waals surface area contributed by atoms with E-state index < -0.39 is 6.04 Å². The van der Waals surface area contributed by atoms with Crippen molar-refractivity contribution in [2.24, 2.45) is 5.73 Å². The Hall–Kier alpha value is -0.770. The van der Waals surface area contributed by atoms with Crippen LogP contribution in [0.4, 0.5) is 0 Å². The smallest absolute Gasteiger partial charge is 0.125 e. The molecule has 0 aliphatic carbocycles. The largest absolute Gasteiger partial charge is 0.496 e. The van der Waals surface area contributed by atoms with Gasteiger partial charge in [-0.05, 0) is 12.1 Å². The molecule has 1 atom stereocenters. The highest BCUT2D eigenvalue weighted by molar-refractivity contribution is 6.31. The van der Waals surface area contributed by atoms with Gasteiger partial charge in [0.25, 0.3) is 0 Å². The quantitative estimate of drug-likeness (QED) is 0.776. The number of benzene rings is 1. The van der Waals surface area contributed by atoms with E-state index in [1.54, 1.807) is 25.3 Å². The zero-order valence-electron chi connectivity index (χ0n) is 7.33. The maximum Gasteiger partial charge on any atom is 0.125 e.